The normalized spacial score (nSPS) is 11.5. The van der Waals surface area contributed by atoms with Crippen molar-refractivity contribution in [2.75, 3.05) is 11.9 Å². The Morgan fingerprint density at radius 1 is 1.43 bits per heavy atom. The van der Waals surface area contributed by atoms with Crippen LogP contribution in [0.3, 0.4) is 0 Å². The lowest BCUT2D eigenvalue weighted by atomic mass is 10.1. The highest BCUT2D eigenvalue weighted by Gasteiger charge is 2.23. The van der Waals surface area contributed by atoms with Crippen molar-refractivity contribution in [2.24, 2.45) is 5.73 Å². The Bertz CT molecular complexity index is 559. The van der Waals surface area contributed by atoms with Gasteiger partial charge in [0.1, 0.15) is 11.6 Å². The number of hydrogen-bond acceptors (Lipinski definition) is 5. The molecule has 0 saturated heterocycles. The third kappa shape index (κ3) is 4.44. The summed E-state index contributed by atoms with van der Waals surface area (Å²) in [5.41, 5.74) is 5.21. The van der Waals surface area contributed by atoms with Crippen LogP contribution in [0.25, 0.3) is 0 Å². The Kier molecular flexibility index (Phi) is 5.65. The Hall–Kier alpha value is -2.64. The minimum Gasteiger partial charge on any atom is -0.385 e. The summed E-state index contributed by atoms with van der Waals surface area (Å²) in [4.78, 5) is 33.4. The maximum Gasteiger partial charge on any atom is 0.282 e. The summed E-state index contributed by atoms with van der Waals surface area (Å²) in [6, 6.07) is 3.25. The van der Waals surface area contributed by atoms with E-state index in [-0.39, 0.29) is 11.3 Å². The van der Waals surface area contributed by atoms with E-state index in [1.807, 2.05) is 6.92 Å². The van der Waals surface area contributed by atoms with Crippen molar-refractivity contribution < 1.29 is 14.5 Å². The number of carbonyl (C=O) groups is 2. The van der Waals surface area contributed by atoms with Crippen LogP contribution in [0.5, 0.6) is 0 Å². The first-order valence-electron chi connectivity index (χ1n) is 6.49. The zero-order valence-electron chi connectivity index (χ0n) is 11.9. The predicted octanol–water partition coefficient (Wildman–Crippen LogP) is 1.02. The van der Waals surface area contributed by atoms with Crippen LogP contribution in [0.4, 0.5) is 11.4 Å². The van der Waals surface area contributed by atoms with E-state index >= 15 is 0 Å². The summed E-state index contributed by atoms with van der Waals surface area (Å²) in [6.07, 6.45) is 0.872. The van der Waals surface area contributed by atoms with Gasteiger partial charge < -0.3 is 16.4 Å². The zero-order valence-corrected chi connectivity index (χ0v) is 11.9. The Balaban J connectivity index is 3.07. The number of hydrogen-bond donors (Lipinski definition) is 3. The summed E-state index contributed by atoms with van der Waals surface area (Å²) in [6.45, 7) is 4.06. The summed E-state index contributed by atoms with van der Waals surface area (Å²) in [5.74, 6) is -1.43. The highest BCUT2D eigenvalue weighted by atomic mass is 16.6. The molecule has 4 N–H and O–H groups in total. The standard InChI is InChI=1S/C13H18N4O4/c1-3-6-15-9-4-5-11(17(20)21)10(7-9)13(19)16-8(2)12(14)18/h4-5,7-8,15H,3,6H2,1-2H3,(H2,14,18)(H,16,19). The van der Waals surface area contributed by atoms with Gasteiger partial charge in [0.25, 0.3) is 11.6 Å². The topological polar surface area (TPSA) is 127 Å². The van der Waals surface area contributed by atoms with E-state index in [2.05, 4.69) is 10.6 Å². The molecule has 1 aromatic carbocycles. The molecular formula is C13H18N4O4. The van der Waals surface area contributed by atoms with Gasteiger partial charge in [-0.1, -0.05) is 6.92 Å². The summed E-state index contributed by atoms with van der Waals surface area (Å²) < 4.78 is 0. The number of nitrogens with zero attached hydrogens (tertiary/aromatic N) is 1. The number of nitro benzene ring substituents is 1. The van der Waals surface area contributed by atoms with Crippen LogP contribution in [-0.2, 0) is 4.79 Å². The second kappa shape index (κ2) is 7.22. The largest absolute Gasteiger partial charge is 0.385 e. The van der Waals surface area contributed by atoms with Crippen molar-refractivity contribution >= 4 is 23.2 Å². The second-order valence-electron chi connectivity index (χ2n) is 4.51. The fraction of sp³-hybridized carbons (Fsp3) is 0.385. The van der Waals surface area contributed by atoms with Crippen molar-refractivity contribution in [2.45, 2.75) is 26.3 Å². The number of nitro groups is 1. The molecule has 2 amide bonds. The predicted molar refractivity (Wildman–Crippen MR) is 78.0 cm³/mol. The lowest BCUT2D eigenvalue weighted by Gasteiger charge is -2.12. The van der Waals surface area contributed by atoms with Crippen LogP contribution in [0.15, 0.2) is 18.2 Å². The molecule has 0 radical (unpaired) electrons. The number of primary amides is 1. The number of nitrogens with one attached hydrogen (secondary N) is 2. The van der Waals surface area contributed by atoms with Crippen LogP contribution >= 0.6 is 0 Å². The van der Waals surface area contributed by atoms with Gasteiger partial charge in [0.2, 0.25) is 5.91 Å². The Morgan fingerprint density at radius 3 is 2.62 bits per heavy atom. The maximum atomic E-state index is 12.1. The molecule has 0 aromatic heterocycles. The van der Waals surface area contributed by atoms with Crippen LogP contribution < -0.4 is 16.4 Å². The van der Waals surface area contributed by atoms with Crippen molar-refractivity contribution in [3.05, 3.63) is 33.9 Å². The molecule has 0 aliphatic carbocycles. The quantitative estimate of drug-likeness (QED) is 0.511. The third-order valence-corrected chi connectivity index (χ3v) is 2.79. The molecule has 8 nitrogen and oxygen atoms in total. The van der Waals surface area contributed by atoms with E-state index in [1.54, 1.807) is 0 Å². The third-order valence-electron chi connectivity index (χ3n) is 2.79. The van der Waals surface area contributed by atoms with E-state index in [1.165, 1.54) is 25.1 Å². The van der Waals surface area contributed by atoms with Gasteiger partial charge in [0.05, 0.1) is 4.92 Å². The van der Waals surface area contributed by atoms with Gasteiger partial charge in [-0.15, -0.1) is 0 Å². The van der Waals surface area contributed by atoms with E-state index in [0.29, 0.717) is 12.2 Å². The molecule has 0 bridgehead atoms. The van der Waals surface area contributed by atoms with Crippen molar-refractivity contribution in [1.29, 1.82) is 0 Å². The lowest BCUT2D eigenvalue weighted by molar-refractivity contribution is -0.385. The number of rotatable bonds is 7. The van der Waals surface area contributed by atoms with E-state index in [4.69, 9.17) is 5.73 Å². The monoisotopic (exact) mass is 294 g/mol. The highest BCUT2D eigenvalue weighted by Crippen LogP contribution is 2.22. The van der Waals surface area contributed by atoms with Gasteiger partial charge in [-0.2, -0.15) is 0 Å². The lowest BCUT2D eigenvalue weighted by Crippen LogP contribution is -2.42. The number of amides is 2. The minimum absolute atomic E-state index is 0.116. The fourth-order valence-corrected chi connectivity index (χ4v) is 1.60. The number of nitrogens with two attached hydrogens (primary N) is 1. The minimum atomic E-state index is -0.913. The molecule has 21 heavy (non-hydrogen) atoms. The number of carbonyl (C=O) groups excluding carboxylic acids is 2. The second-order valence-corrected chi connectivity index (χ2v) is 4.51. The van der Waals surface area contributed by atoms with Crippen LogP contribution in [-0.4, -0.2) is 29.3 Å². The van der Waals surface area contributed by atoms with E-state index in [9.17, 15) is 19.7 Å². The molecule has 114 valence electrons. The molecule has 0 aliphatic rings. The maximum absolute atomic E-state index is 12.1. The number of anilines is 1. The first-order chi connectivity index (χ1) is 9.86. The van der Waals surface area contributed by atoms with Gasteiger partial charge in [-0.3, -0.25) is 19.7 Å². The summed E-state index contributed by atoms with van der Waals surface area (Å²) in [5, 5.41) is 16.4. The van der Waals surface area contributed by atoms with Gasteiger partial charge in [0, 0.05) is 18.3 Å². The molecule has 0 aliphatic heterocycles. The molecule has 0 saturated carbocycles. The Labute approximate surface area is 121 Å². The summed E-state index contributed by atoms with van der Waals surface area (Å²) >= 11 is 0. The average Bonchev–Trinajstić information content (AvgIpc) is 2.44. The SMILES string of the molecule is CCCNc1ccc([N+](=O)[O-])c(C(=O)NC(C)C(N)=O)c1. The number of benzene rings is 1. The zero-order chi connectivity index (χ0) is 16.0. The van der Waals surface area contributed by atoms with Crippen molar-refractivity contribution in [3.63, 3.8) is 0 Å². The van der Waals surface area contributed by atoms with Gasteiger partial charge in [-0.05, 0) is 25.5 Å². The molecule has 1 rings (SSSR count). The Morgan fingerprint density at radius 2 is 2.10 bits per heavy atom. The fourth-order valence-electron chi connectivity index (χ4n) is 1.60. The van der Waals surface area contributed by atoms with Crippen molar-refractivity contribution in [3.8, 4) is 0 Å². The molecule has 1 unspecified atom stereocenters. The van der Waals surface area contributed by atoms with Gasteiger partial charge in [0.15, 0.2) is 0 Å². The molecule has 8 heteroatoms. The van der Waals surface area contributed by atoms with E-state index in [0.717, 1.165) is 6.42 Å². The van der Waals surface area contributed by atoms with Crippen molar-refractivity contribution in [1.82, 2.24) is 5.32 Å². The first-order valence-corrected chi connectivity index (χ1v) is 6.49. The molecule has 1 atom stereocenters. The van der Waals surface area contributed by atoms with Crippen LogP contribution in [0.2, 0.25) is 0 Å². The van der Waals surface area contributed by atoms with Crippen LogP contribution in [0, 0.1) is 10.1 Å². The highest BCUT2D eigenvalue weighted by molar-refractivity contribution is 6.01. The smallest absolute Gasteiger partial charge is 0.282 e. The molecule has 0 heterocycles. The van der Waals surface area contributed by atoms with Gasteiger partial charge in [-0.25, -0.2) is 0 Å². The molecular weight excluding hydrogens is 276 g/mol. The first kappa shape index (κ1) is 16.4. The molecule has 0 spiro atoms. The van der Waals surface area contributed by atoms with Crippen LogP contribution in [0.1, 0.15) is 30.6 Å². The summed E-state index contributed by atoms with van der Waals surface area (Å²) in [7, 11) is 0. The average molecular weight is 294 g/mol. The van der Waals surface area contributed by atoms with E-state index < -0.39 is 22.8 Å². The molecule has 0 fully saturated rings. The van der Waals surface area contributed by atoms with Gasteiger partial charge >= 0.3 is 0 Å². The molecule has 1 aromatic rings.